The number of hydrogen-bond donors (Lipinski definition) is 1. The van der Waals surface area contributed by atoms with Crippen molar-refractivity contribution in [3.63, 3.8) is 0 Å². The first kappa shape index (κ1) is 9.99. The van der Waals surface area contributed by atoms with Crippen LogP contribution in [0.3, 0.4) is 0 Å². The summed E-state index contributed by atoms with van der Waals surface area (Å²) in [5.41, 5.74) is 6.23. The van der Waals surface area contributed by atoms with Crippen LogP contribution >= 0.6 is 0 Å². The topological polar surface area (TPSA) is 78.3 Å². The summed E-state index contributed by atoms with van der Waals surface area (Å²) >= 11 is 1.28. The molecule has 5 nitrogen and oxygen atoms in total. The molecule has 13 heavy (non-hydrogen) atoms. The number of aromatic nitrogens is 2. The molecule has 0 atom stereocenters. The molecule has 0 spiro atoms. The van der Waals surface area contributed by atoms with E-state index >= 15 is 0 Å². The van der Waals surface area contributed by atoms with E-state index in [1.165, 1.54) is 25.7 Å². The summed E-state index contributed by atoms with van der Waals surface area (Å²) in [7, 11) is 0. The van der Waals surface area contributed by atoms with Gasteiger partial charge in [-0.1, -0.05) is 0 Å². The minimum absolute atomic E-state index is 0.234. The summed E-state index contributed by atoms with van der Waals surface area (Å²) < 4.78 is 1.72. The van der Waals surface area contributed by atoms with Crippen molar-refractivity contribution >= 4 is 22.6 Å². The van der Waals surface area contributed by atoms with Gasteiger partial charge in [-0.15, -0.1) is 0 Å². The third-order valence-corrected chi connectivity index (χ3v) is 1.61. The zero-order valence-corrected chi connectivity index (χ0v) is 9.94. The van der Waals surface area contributed by atoms with E-state index in [-0.39, 0.29) is 5.95 Å². The Kier molecular flexibility index (Phi) is 3.70. The van der Waals surface area contributed by atoms with Crippen molar-refractivity contribution < 1.29 is 19.4 Å². The number of aryl methyl sites for hydroxylation is 1. The third kappa shape index (κ3) is 3.42. The second-order valence-electron chi connectivity index (χ2n) is 2.22. The molecular formula is C7H8N5W-. The van der Waals surface area contributed by atoms with Crippen LogP contribution in [-0.2, 0) is 19.4 Å². The summed E-state index contributed by atoms with van der Waals surface area (Å²) in [4.78, 5) is 11.7. The molecule has 0 aromatic carbocycles. The Morgan fingerprint density at radius 3 is 3.00 bits per heavy atom. The molecule has 0 saturated heterocycles. The molecule has 1 aromatic heterocycles. The van der Waals surface area contributed by atoms with Crippen LogP contribution in [0.4, 0.5) is 11.8 Å². The Hall–Kier alpha value is -1.09. The maximum atomic E-state index is 5.43. The van der Waals surface area contributed by atoms with E-state index < -0.39 is 0 Å². The van der Waals surface area contributed by atoms with E-state index in [0.29, 0.717) is 5.82 Å². The Labute approximate surface area is 86.9 Å². The van der Waals surface area contributed by atoms with Crippen molar-refractivity contribution in [2.24, 2.45) is 4.99 Å². The van der Waals surface area contributed by atoms with E-state index in [9.17, 15) is 0 Å². The van der Waals surface area contributed by atoms with Crippen molar-refractivity contribution in [1.82, 2.24) is 9.97 Å². The van der Waals surface area contributed by atoms with Crippen molar-refractivity contribution in [2.75, 3.05) is 5.73 Å². The molecule has 0 saturated carbocycles. The molecule has 0 radical (unpaired) electrons. The summed E-state index contributed by atoms with van der Waals surface area (Å²) in [5, 5.41) is 3.98. The van der Waals surface area contributed by atoms with Gasteiger partial charge in [-0.05, 0) is 0 Å². The molecule has 0 aliphatic carbocycles. The number of anilines is 1. The number of nitrogens with two attached hydrogens (primary N) is 1. The van der Waals surface area contributed by atoms with Crippen molar-refractivity contribution in [3.8, 4) is 0 Å². The number of nitrogen functional groups attached to an aromatic ring is 1. The van der Waals surface area contributed by atoms with Gasteiger partial charge in [0.25, 0.3) is 0 Å². The number of aliphatic imine (C=N–C) groups is 1. The standard InChI is InChI=1S/C7H8N5.W/c1-5-3-6(10-4-9-2)12-7(8)11-5;/h2-4H,1H3,(H2-,8,10,11,12);/q-1;. The first-order chi connectivity index (χ1) is 6.22. The summed E-state index contributed by atoms with van der Waals surface area (Å²) in [6.45, 7) is 1.84. The van der Waals surface area contributed by atoms with Gasteiger partial charge in [0.15, 0.2) is 0 Å². The second-order valence-corrected chi connectivity index (χ2v) is 2.98. The third-order valence-electron chi connectivity index (χ3n) is 1.18. The molecule has 0 unspecified atom stereocenters. The predicted octanol–water partition coefficient (Wildman–Crippen LogP) is 0.707. The van der Waals surface area contributed by atoms with Crippen molar-refractivity contribution in [2.45, 2.75) is 6.92 Å². The van der Waals surface area contributed by atoms with Crippen LogP contribution in [0, 0.1) is 6.92 Å². The minimum atomic E-state index is 0.234. The molecule has 1 aromatic rings. The first-order valence-corrected chi connectivity index (χ1v) is 5.19. The van der Waals surface area contributed by atoms with Crippen molar-refractivity contribution in [1.29, 1.82) is 0 Å². The summed E-state index contributed by atoms with van der Waals surface area (Å²) in [6.07, 6.45) is 1.44. The molecule has 68 valence electrons. The molecule has 0 amide bonds. The van der Waals surface area contributed by atoms with E-state index in [1.54, 1.807) is 10.6 Å². The molecule has 0 fully saturated rings. The van der Waals surface area contributed by atoms with Gasteiger partial charge in [0.1, 0.15) is 0 Å². The van der Waals surface area contributed by atoms with Crippen LogP contribution < -0.4 is 5.73 Å². The van der Waals surface area contributed by atoms with Gasteiger partial charge in [0.2, 0.25) is 0 Å². The Balaban J connectivity index is 2.77. The van der Waals surface area contributed by atoms with Crippen LogP contribution in [0.15, 0.2) is 11.1 Å². The molecular weight excluding hydrogens is 338 g/mol. The zero-order valence-electron chi connectivity index (χ0n) is 7.01. The molecule has 0 bridgehead atoms. The fraction of sp³-hybridized carbons (Fsp3) is 0.143. The van der Waals surface area contributed by atoms with E-state index in [2.05, 4.69) is 20.3 Å². The van der Waals surface area contributed by atoms with Gasteiger partial charge in [0, 0.05) is 0 Å². The SMILES string of the molecule is Cc1cc([N-]C=N[CH]=[W])nc(N)n1. The van der Waals surface area contributed by atoms with Gasteiger partial charge in [0.05, 0.1) is 0 Å². The average Bonchev–Trinajstić information content (AvgIpc) is 2.03. The average molecular weight is 346 g/mol. The quantitative estimate of drug-likeness (QED) is 0.647. The van der Waals surface area contributed by atoms with Crippen LogP contribution in [0.1, 0.15) is 5.69 Å². The van der Waals surface area contributed by atoms with Crippen LogP contribution in [0.5, 0.6) is 0 Å². The van der Waals surface area contributed by atoms with E-state index in [4.69, 9.17) is 5.73 Å². The number of rotatable bonds is 3. The van der Waals surface area contributed by atoms with Crippen LogP contribution in [-0.4, -0.2) is 20.8 Å². The Morgan fingerprint density at radius 1 is 1.62 bits per heavy atom. The normalized spacial score (nSPS) is 10.2. The van der Waals surface area contributed by atoms with Gasteiger partial charge < -0.3 is 0 Å². The maximum absolute atomic E-state index is 5.43. The fourth-order valence-corrected chi connectivity index (χ4v) is 0.956. The van der Waals surface area contributed by atoms with E-state index in [1.807, 2.05) is 6.92 Å². The van der Waals surface area contributed by atoms with Crippen molar-refractivity contribution in [3.05, 3.63) is 17.1 Å². The summed E-state index contributed by atoms with van der Waals surface area (Å²) in [5.74, 6) is 0.767. The van der Waals surface area contributed by atoms with Crippen LogP contribution in [0.2, 0.25) is 0 Å². The second kappa shape index (κ2) is 4.82. The van der Waals surface area contributed by atoms with E-state index in [0.717, 1.165) is 5.69 Å². The molecule has 0 aliphatic heterocycles. The molecule has 1 heterocycles. The van der Waals surface area contributed by atoms with Gasteiger partial charge >= 0.3 is 86.7 Å². The summed E-state index contributed by atoms with van der Waals surface area (Å²) in [6, 6.07) is 1.74. The first-order valence-electron chi connectivity index (χ1n) is 3.49. The Morgan fingerprint density at radius 2 is 2.38 bits per heavy atom. The monoisotopic (exact) mass is 346 g/mol. The zero-order chi connectivity index (χ0) is 9.68. The Bertz CT molecular complexity index is 315. The molecule has 0 aliphatic rings. The van der Waals surface area contributed by atoms with Crippen LogP contribution in [0.25, 0.3) is 5.32 Å². The predicted molar refractivity (Wildman–Crippen MR) is 48.8 cm³/mol. The fourth-order valence-electron chi connectivity index (χ4n) is 0.760. The van der Waals surface area contributed by atoms with Gasteiger partial charge in [-0.2, -0.15) is 0 Å². The van der Waals surface area contributed by atoms with Gasteiger partial charge in [-0.3, -0.25) is 0 Å². The molecule has 2 N–H and O–H groups in total. The molecule has 1 rings (SSSR count). The number of hydrogen-bond acceptors (Lipinski definition) is 4. The molecule has 6 heteroatoms. The van der Waals surface area contributed by atoms with Gasteiger partial charge in [-0.25, -0.2) is 0 Å². The number of nitrogens with zero attached hydrogens (tertiary/aromatic N) is 4.